The summed E-state index contributed by atoms with van der Waals surface area (Å²) in [4.78, 5) is 11.6. The molecule has 0 saturated heterocycles. The van der Waals surface area contributed by atoms with E-state index < -0.39 is 0 Å². The predicted molar refractivity (Wildman–Crippen MR) is 80.8 cm³/mol. The van der Waals surface area contributed by atoms with E-state index >= 15 is 0 Å². The molecule has 106 valence electrons. The van der Waals surface area contributed by atoms with Gasteiger partial charge in [-0.2, -0.15) is 0 Å². The SMILES string of the molecule is CCCNc1cc(N(C)C2CCC2)nc(CCC)n1. The zero-order valence-electron chi connectivity index (χ0n) is 12.4. The van der Waals surface area contributed by atoms with E-state index in [0.29, 0.717) is 6.04 Å². The molecule has 2 rings (SSSR count). The molecule has 0 radical (unpaired) electrons. The van der Waals surface area contributed by atoms with Gasteiger partial charge in [-0.3, -0.25) is 0 Å². The molecule has 4 nitrogen and oxygen atoms in total. The zero-order valence-corrected chi connectivity index (χ0v) is 12.4. The maximum absolute atomic E-state index is 4.71. The van der Waals surface area contributed by atoms with Crippen molar-refractivity contribution in [1.29, 1.82) is 0 Å². The first-order valence-electron chi connectivity index (χ1n) is 7.59. The third-order valence-corrected chi connectivity index (χ3v) is 3.77. The Morgan fingerprint density at radius 1 is 1.26 bits per heavy atom. The van der Waals surface area contributed by atoms with Gasteiger partial charge in [0.1, 0.15) is 17.5 Å². The molecule has 1 aromatic heterocycles. The molecule has 1 heterocycles. The van der Waals surface area contributed by atoms with Crippen LogP contribution in [-0.4, -0.2) is 29.6 Å². The number of hydrogen-bond donors (Lipinski definition) is 1. The highest BCUT2D eigenvalue weighted by Gasteiger charge is 2.23. The fourth-order valence-corrected chi connectivity index (χ4v) is 2.30. The second kappa shape index (κ2) is 6.73. The van der Waals surface area contributed by atoms with Gasteiger partial charge in [-0.05, 0) is 32.1 Å². The number of nitrogens with one attached hydrogen (secondary N) is 1. The highest BCUT2D eigenvalue weighted by Crippen LogP contribution is 2.28. The van der Waals surface area contributed by atoms with Crippen molar-refractivity contribution in [3.8, 4) is 0 Å². The van der Waals surface area contributed by atoms with Gasteiger partial charge in [-0.25, -0.2) is 9.97 Å². The number of nitrogens with zero attached hydrogens (tertiary/aromatic N) is 3. The number of aryl methyl sites for hydroxylation is 1. The largest absolute Gasteiger partial charge is 0.370 e. The summed E-state index contributed by atoms with van der Waals surface area (Å²) in [6.07, 6.45) is 7.09. The van der Waals surface area contributed by atoms with Crippen molar-refractivity contribution in [3.05, 3.63) is 11.9 Å². The summed E-state index contributed by atoms with van der Waals surface area (Å²) >= 11 is 0. The monoisotopic (exact) mass is 262 g/mol. The molecule has 1 aromatic rings. The van der Waals surface area contributed by atoms with Gasteiger partial charge in [-0.1, -0.05) is 13.8 Å². The molecule has 0 atom stereocenters. The lowest BCUT2D eigenvalue weighted by atomic mass is 9.92. The summed E-state index contributed by atoms with van der Waals surface area (Å²) in [7, 11) is 2.16. The maximum Gasteiger partial charge on any atom is 0.134 e. The van der Waals surface area contributed by atoms with Crippen molar-refractivity contribution in [2.75, 3.05) is 23.8 Å². The second-order valence-corrected chi connectivity index (χ2v) is 5.40. The van der Waals surface area contributed by atoms with E-state index in [9.17, 15) is 0 Å². The van der Waals surface area contributed by atoms with Crippen LogP contribution in [0, 0.1) is 0 Å². The van der Waals surface area contributed by atoms with Crippen LogP contribution < -0.4 is 10.2 Å². The van der Waals surface area contributed by atoms with Crippen molar-refractivity contribution in [1.82, 2.24) is 9.97 Å². The van der Waals surface area contributed by atoms with Crippen molar-refractivity contribution >= 4 is 11.6 Å². The summed E-state index contributed by atoms with van der Waals surface area (Å²) < 4.78 is 0. The van der Waals surface area contributed by atoms with Gasteiger partial charge in [-0.15, -0.1) is 0 Å². The van der Waals surface area contributed by atoms with Crippen molar-refractivity contribution < 1.29 is 0 Å². The molecule has 0 aliphatic heterocycles. The fraction of sp³-hybridized carbons (Fsp3) is 0.733. The molecule has 1 saturated carbocycles. The van der Waals surface area contributed by atoms with E-state index in [0.717, 1.165) is 43.3 Å². The van der Waals surface area contributed by atoms with E-state index in [4.69, 9.17) is 4.98 Å². The predicted octanol–water partition coefficient (Wildman–Crippen LogP) is 3.24. The smallest absolute Gasteiger partial charge is 0.134 e. The molecule has 1 N–H and O–H groups in total. The highest BCUT2D eigenvalue weighted by atomic mass is 15.2. The van der Waals surface area contributed by atoms with Gasteiger partial charge >= 0.3 is 0 Å². The molecule has 0 unspecified atom stereocenters. The molecule has 0 bridgehead atoms. The molecule has 0 aromatic carbocycles. The lowest BCUT2D eigenvalue weighted by Crippen LogP contribution is -2.37. The lowest BCUT2D eigenvalue weighted by molar-refractivity contribution is 0.399. The molecule has 19 heavy (non-hydrogen) atoms. The number of rotatable bonds is 7. The number of anilines is 2. The minimum absolute atomic E-state index is 0.670. The standard InChI is InChI=1S/C15H26N4/c1-4-7-13-17-14(16-10-5-2)11-15(18-13)19(3)12-8-6-9-12/h11-12H,4-10H2,1-3H3,(H,16,17,18). The number of hydrogen-bond acceptors (Lipinski definition) is 4. The normalized spacial score (nSPS) is 15.1. The van der Waals surface area contributed by atoms with Crippen LogP contribution in [0.25, 0.3) is 0 Å². The first-order chi connectivity index (χ1) is 9.24. The first kappa shape index (κ1) is 14.1. The lowest BCUT2D eigenvalue weighted by Gasteiger charge is -2.35. The average Bonchev–Trinajstić information content (AvgIpc) is 2.34. The van der Waals surface area contributed by atoms with Crippen molar-refractivity contribution in [2.45, 2.75) is 58.4 Å². The molecule has 4 heteroatoms. The Kier molecular flexibility index (Phi) is 5.00. The zero-order chi connectivity index (χ0) is 13.7. The van der Waals surface area contributed by atoms with Gasteiger partial charge < -0.3 is 10.2 Å². The van der Waals surface area contributed by atoms with Crippen molar-refractivity contribution in [2.24, 2.45) is 0 Å². The van der Waals surface area contributed by atoms with E-state index in [2.05, 4.69) is 42.2 Å². The number of aromatic nitrogens is 2. The molecular weight excluding hydrogens is 236 g/mol. The molecule has 0 amide bonds. The topological polar surface area (TPSA) is 41.0 Å². The summed E-state index contributed by atoms with van der Waals surface area (Å²) in [6.45, 7) is 5.31. The molecule has 1 fully saturated rings. The summed E-state index contributed by atoms with van der Waals surface area (Å²) in [5, 5.41) is 3.39. The van der Waals surface area contributed by atoms with Crippen LogP contribution >= 0.6 is 0 Å². The minimum Gasteiger partial charge on any atom is -0.370 e. The highest BCUT2D eigenvalue weighted by molar-refractivity contribution is 5.50. The van der Waals surface area contributed by atoms with Crippen LogP contribution in [0.4, 0.5) is 11.6 Å². The summed E-state index contributed by atoms with van der Waals surface area (Å²) in [6, 6.07) is 2.76. The molecule has 1 aliphatic carbocycles. The van der Waals surface area contributed by atoms with Crippen LogP contribution in [0.1, 0.15) is 51.8 Å². The van der Waals surface area contributed by atoms with Gasteiger partial charge in [0, 0.05) is 32.1 Å². The Bertz CT molecular complexity index is 401. The van der Waals surface area contributed by atoms with E-state index in [1.54, 1.807) is 0 Å². The molecular formula is C15H26N4. The Labute approximate surface area is 116 Å². The second-order valence-electron chi connectivity index (χ2n) is 5.40. The van der Waals surface area contributed by atoms with Crippen LogP contribution in [0.2, 0.25) is 0 Å². The first-order valence-corrected chi connectivity index (χ1v) is 7.59. The van der Waals surface area contributed by atoms with Gasteiger partial charge in [0.2, 0.25) is 0 Å². The van der Waals surface area contributed by atoms with Crippen LogP contribution in [0.5, 0.6) is 0 Å². The Morgan fingerprint density at radius 2 is 2.05 bits per heavy atom. The van der Waals surface area contributed by atoms with Gasteiger partial charge in [0.25, 0.3) is 0 Å². The Hall–Kier alpha value is -1.32. The summed E-state index contributed by atoms with van der Waals surface area (Å²) in [5.74, 6) is 3.01. The fourth-order valence-electron chi connectivity index (χ4n) is 2.30. The van der Waals surface area contributed by atoms with E-state index in [1.807, 2.05) is 0 Å². The minimum atomic E-state index is 0.670. The summed E-state index contributed by atoms with van der Waals surface area (Å²) in [5.41, 5.74) is 0. The Morgan fingerprint density at radius 3 is 2.63 bits per heavy atom. The van der Waals surface area contributed by atoms with Gasteiger partial charge in [0.15, 0.2) is 0 Å². The quantitative estimate of drug-likeness (QED) is 0.819. The van der Waals surface area contributed by atoms with Crippen LogP contribution in [0.15, 0.2) is 6.07 Å². The maximum atomic E-state index is 4.71. The third-order valence-electron chi connectivity index (χ3n) is 3.77. The van der Waals surface area contributed by atoms with Gasteiger partial charge in [0.05, 0.1) is 0 Å². The molecule has 1 aliphatic rings. The third kappa shape index (κ3) is 3.58. The Balaban J connectivity index is 2.16. The molecule has 0 spiro atoms. The van der Waals surface area contributed by atoms with Crippen LogP contribution in [-0.2, 0) is 6.42 Å². The van der Waals surface area contributed by atoms with E-state index in [-0.39, 0.29) is 0 Å². The van der Waals surface area contributed by atoms with Crippen LogP contribution in [0.3, 0.4) is 0 Å². The van der Waals surface area contributed by atoms with E-state index in [1.165, 1.54) is 19.3 Å². The van der Waals surface area contributed by atoms with Crippen molar-refractivity contribution in [3.63, 3.8) is 0 Å². The average molecular weight is 262 g/mol.